The Labute approximate surface area is 261 Å². The first-order valence-corrected chi connectivity index (χ1v) is 16.4. The minimum absolute atomic E-state index is 0.0114. The Hall–Kier alpha value is -4.83. The minimum Gasteiger partial charge on any atom is -0.456 e. The van der Waals surface area contributed by atoms with Crippen molar-refractivity contribution in [3.63, 3.8) is 0 Å². The van der Waals surface area contributed by atoms with Gasteiger partial charge in [0, 0.05) is 28.2 Å². The molecule has 2 fully saturated rings. The van der Waals surface area contributed by atoms with E-state index >= 15 is 0 Å². The van der Waals surface area contributed by atoms with Crippen LogP contribution in [0.1, 0.15) is 51.0 Å². The maximum Gasteiger partial charge on any atom is 0.200 e. The lowest BCUT2D eigenvalue weighted by molar-refractivity contribution is 0.220. The molecule has 2 saturated carbocycles. The number of hydrogen-bond acceptors (Lipinski definition) is 4. The SMILES string of the molecule is CCC1CC2CCC(c3ccc4c(=O)c5cc6c(cc5oc4c3)oc3c(N(c4ccccc4)c4ccccc4)cccc36)(C1)C2. The molecule has 0 amide bonds. The van der Waals surface area contributed by atoms with Crippen LogP contribution >= 0.6 is 0 Å². The Balaban J connectivity index is 1.22. The number of rotatable bonds is 5. The molecule has 5 aromatic carbocycles. The van der Waals surface area contributed by atoms with Crippen molar-refractivity contribution in [1.82, 2.24) is 0 Å². The van der Waals surface area contributed by atoms with Crippen molar-refractivity contribution in [1.29, 1.82) is 0 Å². The molecule has 4 nitrogen and oxygen atoms in total. The highest BCUT2D eigenvalue weighted by Crippen LogP contribution is 2.55. The van der Waals surface area contributed by atoms with E-state index in [-0.39, 0.29) is 10.8 Å². The van der Waals surface area contributed by atoms with Crippen LogP contribution in [0.4, 0.5) is 17.1 Å². The summed E-state index contributed by atoms with van der Waals surface area (Å²) in [6.45, 7) is 2.33. The second-order valence-corrected chi connectivity index (χ2v) is 13.4. The zero-order valence-corrected chi connectivity index (χ0v) is 25.5. The fourth-order valence-electron chi connectivity index (χ4n) is 8.64. The van der Waals surface area contributed by atoms with E-state index < -0.39 is 0 Å². The average molecular weight is 590 g/mol. The van der Waals surface area contributed by atoms with Crippen molar-refractivity contribution in [3.05, 3.63) is 125 Å². The van der Waals surface area contributed by atoms with Gasteiger partial charge >= 0.3 is 0 Å². The first-order valence-electron chi connectivity index (χ1n) is 16.4. The van der Waals surface area contributed by atoms with E-state index in [0.29, 0.717) is 27.5 Å². The standard InChI is InChI=1S/C41H35NO3/c1-2-26-20-27-18-19-41(24-26,25-27)28-16-17-32-36(21-28)44-38-23-37-33(22-34(38)39(32)43)31-14-9-15-35(40(31)45-37)42(29-10-5-3-6-11-29)30-12-7-4-8-13-30/h3-17,21-23,26-27H,2,18-20,24-25H2,1H3. The van der Waals surface area contributed by atoms with Gasteiger partial charge in [-0.15, -0.1) is 0 Å². The number of anilines is 3. The molecular weight excluding hydrogens is 554 g/mol. The molecule has 9 rings (SSSR count). The maximum atomic E-state index is 14.0. The van der Waals surface area contributed by atoms with E-state index in [4.69, 9.17) is 8.83 Å². The van der Waals surface area contributed by atoms with Crippen LogP contribution in [0.3, 0.4) is 0 Å². The van der Waals surface area contributed by atoms with Crippen molar-refractivity contribution in [2.45, 2.75) is 50.9 Å². The summed E-state index contributed by atoms with van der Waals surface area (Å²) >= 11 is 0. The summed E-state index contributed by atoms with van der Waals surface area (Å²) in [5, 5.41) is 3.11. The first-order chi connectivity index (χ1) is 22.1. The van der Waals surface area contributed by atoms with Crippen LogP contribution in [-0.2, 0) is 5.41 Å². The molecule has 3 unspecified atom stereocenters. The maximum absolute atomic E-state index is 14.0. The molecule has 0 radical (unpaired) electrons. The fourth-order valence-corrected chi connectivity index (χ4v) is 8.64. The summed E-state index contributed by atoms with van der Waals surface area (Å²) in [4.78, 5) is 16.2. The molecule has 2 aliphatic carbocycles. The van der Waals surface area contributed by atoms with Gasteiger partial charge in [-0.1, -0.05) is 67.9 Å². The van der Waals surface area contributed by atoms with Crippen molar-refractivity contribution < 1.29 is 8.83 Å². The molecule has 0 saturated heterocycles. The average Bonchev–Trinajstić information content (AvgIpc) is 3.61. The highest BCUT2D eigenvalue weighted by Gasteiger charge is 2.46. The van der Waals surface area contributed by atoms with E-state index in [0.717, 1.165) is 45.3 Å². The zero-order valence-electron chi connectivity index (χ0n) is 25.5. The minimum atomic E-state index is 0.0114. The number of fused-ring (bicyclic) bond motifs is 7. The van der Waals surface area contributed by atoms with Gasteiger partial charge in [0.15, 0.2) is 5.58 Å². The van der Waals surface area contributed by atoms with Crippen LogP contribution in [0.25, 0.3) is 43.9 Å². The van der Waals surface area contributed by atoms with E-state index in [9.17, 15) is 4.79 Å². The molecule has 2 aliphatic rings. The number of furan rings is 1. The molecule has 0 aliphatic heterocycles. The molecule has 45 heavy (non-hydrogen) atoms. The van der Waals surface area contributed by atoms with Crippen LogP contribution in [-0.4, -0.2) is 0 Å². The summed E-state index contributed by atoms with van der Waals surface area (Å²) in [7, 11) is 0. The molecule has 222 valence electrons. The van der Waals surface area contributed by atoms with Crippen LogP contribution in [0.5, 0.6) is 0 Å². The van der Waals surface area contributed by atoms with Crippen molar-refractivity contribution in [3.8, 4) is 0 Å². The molecule has 0 N–H and O–H groups in total. The van der Waals surface area contributed by atoms with Gasteiger partial charge in [0.25, 0.3) is 0 Å². The van der Waals surface area contributed by atoms with Gasteiger partial charge in [0.1, 0.15) is 16.7 Å². The van der Waals surface area contributed by atoms with Gasteiger partial charge in [-0.3, -0.25) is 4.79 Å². The Bertz CT molecular complexity index is 2240. The topological polar surface area (TPSA) is 46.6 Å². The Morgan fingerprint density at radius 2 is 1.44 bits per heavy atom. The van der Waals surface area contributed by atoms with Crippen LogP contribution < -0.4 is 10.3 Å². The van der Waals surface area contributed by atoms with Gasteiger partial charge in [-0.05, 0) is 103 Å². The summed E-state index contributed by atoms with van der Waals surface area (Å²) in [6.07, 6.45) is 7.67. The van der Waals surface area contributed by atoms with Crippen molar-refractivity contribution >= 4 is 60.9 Å². The number of para-hydroxylation sites is 3. The third-order valence-electron chi connectivity index (χ3n) is 10.8. The Kier molecular flexibility index (Phi) is 5.96. The third kappa shape index (κ3) is 4.15. The monoisotopic (exact) mass is 589 g/mol. The lowest BCUT2D eigenvalue weighted by atomic mass is 9.66. The lowest BCUT2D eigenvalue weighted by Gasteiger charge is -2.38. The predicted molar refractivity (Wildman–Crippen MR) is 184 cm³/mol. The van der Waals surface area contributed by atoms with Gasteiger partial charge in [0.2, 0.25) is 5.43 Å². The van der Waals surface area contributed by atoms with E-state index in [1.165, 1.54) is 44.1 Å². The molecule has 7 aromatic rings. The number of nitrogens with zero attached hydrogens (tertiary/aromatic N) is 1. The number of hydrogen-bond donors (Lipinski definition) is 0. The molecule has 4 heteroatoms. The molecule has 0 spiro atoms. The lowest BCUT2D eigenvalue weighted by Crippen LogP contribution is -2.30. The van der Waals surface area contributed by atoms with Gasteiger partial charge in [0.05, 0.1) is 16.5 Å². The van der Waals surface area contributed by atoms with Crippen LogP contribution in [0.15, 0.2) is 123 Å². The number of benzene rings is 5. The summed E-state index contributed by atoms with van der Waals surface area (Å²) in [5.74, 6) is 1.62. The van der Waals surface area contributed by atoms with E-state index in [1.54, 1.807) is 0 Å². The summed E-state index contributed by atoms with van der Waals surface area (Å²) in [5.41, 5.74) is 7.31. The van der Waals surface area contributed by atoms with Crippen LogP contribution in [0, 0.1) is 11.8 Å². The second kappa shape index (κ2) is 10.1. The quantitative estimate of drug-likeness (QED) is 0.187. The molecule has 2 bridgehead atoms. The molecule has 2 aromatic heterocycles. The van der Waals surface area contributed by atoms with Crippen molar-refractivity contribution in [2.75, 3.05) is 4.90 Å². The van der Waals surface area contributed by atoms with Crippen LogP contribution in [0.2, 0.25) is 0 Å². The highest BCUT2D eigenvalue weighted by atomic mass is 16.3. The first kappa shape index (κ1) is 26.6. The summed E-state index contributed by atoms with van der Waals surface area (Å²) in [6, 6.07) is 37.1. The predicted octanol–water partition coefficient (Wildman–Crippen LogP) is 11.2. The second-order valence-electron chi connectivity index (χ2n) is 13.4. The smallest absolute Gasteiger partial charge is 0.200 e. The van der Waals surface area contributed by atoms with Crippen molar-refractivity contribution in [2.24, 2.45) is 11.8 Å². The Morgan fingerprint density at radius 3 is 2.20 bits per heavy atom. The van der Waals surface area contributed by atoms with E-state index in [2.05, 4.69) is 66.4 Å². The van der Waals surface area contributed by atoms with E-state index in [1.807, 2.05) is 54.6 Å². The van der Waals surface area contributed by atoms with Gasteiger partial charge < -0.3 is 13.7 Å². The van der Waals surface area contributed by atoms with Gasteiger partial charge in [-0.2, -0.15) is 0 Å². The van der Waals surface area contributed by atoms with Gasteiger partial charge in [-0.25, -0.2) is 0 Å². The highest BCUT2D eigenvalue weighted by molar-refractivity contribution is 6.13. The largest absolute Gasteiger partial charge is 0.456 e. The normalized spacial score (nSPS) is 21.3. The molecule has 2 heterocycles. The third-order valence-corrected chi connectivity index (χ3v) is 10.8. The molecular formula is C41H35NO3. The Morgan fingerprint density at radius 1 is 0.711 bits per heavy atom. The summed E-state index contributed by atoms with van der Waals surface area (Å²) < 4.78 is 13.2. The zero-order chi connectivity index (χ0) is 30.1. The fraction of sp³-hybridized carbons (Fsp3) is 0.244. The molecule has 3 atom stereocenters.